The quantitative estimate of drug-likeness (QED) is 0.415. The van der Waals surface area contributed by atoms with Crippen LogP contribution in [0.25, 0.3) is 0 Å². The number of hydrogen-bond acceptors (Lipinski definition) is 7. The third-order valence-electron chi connectivity index (χ3n) is 5.02. The molecule has 156 valence electrons. The molecule has 0 bridgehead atoms. The fourth-order valence-electron chi connectivity index (χ4n) is 3.39. The fourth-order valence-corrected chi connectivity index (χ4v) is 3.39. The molecule has 0 aliphatic carbocycles. The second kappa shape index (κ2) is 8.70. The molecule has 0 saturated carbocycles. The Bertz CT molecular complexity index is 813. The molecule has 1 atom stereocenters. The van der Waals surface area contributed by atoms with E-state index in [0.29, 0.717) is 37.8 Å². The number of nitrogens with two attached hydrogens (primary N) is 2. The van der Waals surface area contributed by atoms with Crippen molar-refractivity contribution < 1.29 is 33.9 Å². The normalized spacial score (nSPS) is 17.0. The van der Waals surface area contributed by atoms with E-state index in [1.165, 1.54) is 0 Å². The first-order valence-electron chi connectivity index (χ1n) is 9.46. The first-order valence-corrected chi connectivity index (χ1v) is 9.46. The average Bonchev–Trinajstić information content (AvgIpc) is 2.61. The maximum Gasteiger partial charge on any atom is 0.522 e. The number of hydrogen-bond donors (Lipinski definition) is 4. The number of benzene rings is 1. The van der Waals surface area contributed by atoms with E-state index in [9.17, 15) is 24.5 Å². The van der Waals surface area contributed by atoms with Crippen LogP contribution in [0.4, 0.5) is 0 Å². The lowest BCUT2D eigenvalue weighted by atomic mass is 9.78. The lowest BCUT2D eigenvalue weighted by Gasteiger charge is -2.39. The fraction of sp³-hybridized carbons (Fsp3) is 0.500. The number of likely N-dealkylation sites (tertiary alicyclic amines) is 1. The van der Waals surface area contributed by atoms with E-state index in [4.69, 9.17) is 20.9 Å². The van der Waals surface area contributed by atoms with Gasteiger partial charge in [0.25, 0.3) is 0 Å². The number of ether oxygens (including phenoxy) is 1. The van der Waals surface area contributed by atoms with E-state index in [2.05, 4.69) is 0 Å². The number of carbonyl (C=O) groups is 3. The van der Waals surface area contributed by atoms with E-state index in [0.717, 1.165) is 0 Å². The molecule has 0 radical (unpaired) electrons. The molecule has 10 nitrogen and oxygen atoms in total. The summed E-state index contributed by atoms with van der Waals surface area (Å²) in [5.41, 5.74) is 11.5. The Morgan fingerprint density at radius 2 is 2.07 bits per heavy atom. The SMILES string of the molecule is NC(=O)CC[C@H](N)CC(=O)N1CC(Oc2ccc3c(c2C(=O)O)OB(O)CC3)C1. The lowest BCUT2D eigenvalue weighted by Crippen LogP contribution is -2.57. The van der Waals surface area contributed by atoms with Gasteiger partial charge in [-0.15, -0.1) is 0 Å². The summed E-state index contributed by atoms with van der Waals surface area (Å²) in [4.78, 5) is 36.3. The van der Waals surface area contributed by atoms with Gasteiger partial charge in [0.15, 0.2) is 0 Å². The molecule has 3 rings (SSSR count). The van der Waals surface area contributed by atoms with Crippen molar-refractivity contribution in [2.45, 2.75) is 44.1 Å². The molecule has 2 aliphatic rings. The number of fused-ring (bicyclic) bond motifs is 1. The number of amides is 2. The number of primary amides is 1. The van der Waals surface area contributed by atoms with Crippen LogP contribution in [0, 0.1) is 0 Å². The van der Waals surface area contributed by atoms with Gasteiger partial charge in [-0.3, -0.25) is 9.59 Å². The average molecular weight is 405 g/mol. The zero-order chi connectivity index (χ0) is 21.1. The third-order valence-corrected chi connectivity index (χ3v) is 5.02. The van der Waals surface area contributed by atoms with E-state index in [1.807, 2.05) is 0 Å². The summed E-state index contributed by atoms with van der Waals surface area (Å²) in [5, 5.41) is 19.3. The summed E-state index contributed by atoms with van der Waals surface area (Å²) < 4.78 is 11.1. The van der Waals surface area contributed by atoms with E-state index in [-0.39, 0.29) is 41.9 Å². The number of aryl methyl sites for hydroxylation is 1. The Kier molecular flexibility index (Phi) is 6.28. The zero-order valence-electron chi connectivity index (χ0n) is 15.9. The molecular weight excluding hydrogens is 381 g/mol. The number of carboxylic acid groups (broad SMARTS) is 1. The molecule has 0 unspecified atom stereocenters. The molecule has 0 spiro atoms. The number of carbonyl (C=O) groups excluding carboxylic acids is 2. The van der Waals surface area contributed by atoms with Crippen LogP contribution < -0.4 is 20.9 Å². The van der Waals surface area contributed by atoms with Crippen LogP contribution >= 0.6 is 0 Å². The molecule has 2 heterocycles. The number of aromatic carboxylic acids is 1. The van der Waals surface area contributed by atoms with Gasteiger partial charge in [-0.05, 0) is 30.8 Å². The van der Waals surface area contributed by atoms with Crippen LogP contribution in [-0.2, 0) is 16.0 Å². The molecule has 2 aliphatic heterocycles. The first kappa shape index (κ1) is 20.9. The predicted octanol–water partition coefficient (Wildman–Crippen LogP) is -0.627. The van der Waals surface area contributed by atoms with Gasteiger partial charge in [-0.25, -0.2) is 4.79 Å². The zero-order valence-corrected chi connectivity index (χ0v) is 15.9. The molecule has 1 aromatic carbocycles. The maximum absolute atomic E-state index is 12.2. The van der Waals surface area contributed by atoms with Crippen molar-refractivity contribution in [3.8, 4) is 11.5 Å². The Labute approximate surface area is 167 Å². The standard InChI is InChI=1S/C18H24BN3O7/c20-11(2-4-14(21)23)7-15(24)22-8-12(9-22)28-13-3-1-10-5-6-19(27)29-17(10)16(13)18(25)26/h1,3,11-12,27H,2,4-9,20H2,(H2,21,23)(H,25,26)/t11-/m0/s1. The molecule has 11 heteroatoms. The Balaban J connectivity index is 1.57. The van der Waals surface area contributed by atoms with Gasteiger partial charge in [-0.1, -0.05) is 6.07 Å². The maximum atomic E-state index is 12.2. The monoisotopic (exact) mass is 405 g/mol. The molecule has 6 N–H and O–H groups in total. The lowest BCUT2D eigenvalue weighted by molar-refractivity contribution is -0.140. The van der Waals surface area contributed by atoms with Crippen molar-refractivity contribution >= 4 is 24.9 Å². The van der Waals surface area contributed by atoms with Gasteiger partial charge in [-0.2, -0.15) is 0 Å². The van der Waals surface area contributed by atoms with E-state index >= 15 is 0 Å². The number of rotatable bonds is 8. The van der Waals surface area contributed by atoms with Gasteiger partial charge < -0.3 is 35.9 Å². The van der Waals surface area contributed by atoms with E-state index < -0.39 is 25.0 Å². The van der Waals surface area contributed by atoms with Crippen molar-refractivity contribution in [2.24, 2.45) is 11.5 Å². The minimum absolute atomic E-state index is 0.102. The highest BCUT2D eigenvalue weighted by Crippen LogP contribution is 2.37. The Morgan fingerprint density at radius 3 is 2.72 bits per heavy atom. The summed E-state index contributed by atoms with van der Waals surface area (Å²) in [6, 6.07) is 2.86. The Morgan fingerprint density at radius 1 is 1.34 bits per heavy atom. The predicted molar refractivity (Wildman–Crippen MR) is 103 cm³/mol. The second-order valence-electron chi connectivity index (χ2n) is 7.35. The van der Waals surface area contributed by atoms with Crippen LogP contribution in [0.5, 0.6) is 11.5 Å². The highest BCUT2D eigenvalue weighted by molar-refractivity contribution is 6.44. The van der Waals surface area contributed by atoms with Crippen molar-refractivity contribution in [2.75, 3.05) is 13.1 Å². The van der Waals surface area contributed by atoms with Crippen molar-refractivity contribution in [1.29, 1.82) is 0 Å². The minimum atomic E-state index is -1.21. The second-order valence-corrected chi connectivity index (χ2v) is 7.35. The summed E-state index contributed by atoms with van der Waals surface area (Å²) in [7, 11) is -1.05. The van der Waals surface area contributed by atoms with Crippen LogP contribution in [0.1, 0.15) is 35.2 Å². The van der Waals surface area contributed by atoms with Crippen LogP contribution in [0.2, 0.25) is 6.32 Å². The number of carboxylic acids is 1. The van der Waals surface area contributed by atoms with E-state index in [1.54, 1.807) is 17.0 Å². The summed E-state index contributed by atoms with van der Waals surface area (Å²) in [6.45, 7) is 0.613. The first-order chi connectivity index (χ1) is 13.7. The van der Waals surface area contributed by atoms with Crippen LogP contribution in [0.15, 0.2) is 12.1 Å². The highest BCUT2D eigenvalue weighted by atomic mass is 16.5. The van der Waals surface area contributed by atoms with Gasteiger partial charge in [0, 0.05) is 18.9 Å². The molecule has 1 saturated heterocycles. The van der Waals surface area contributed by atoms with Gasteiger partial charge in [0.2, 0.25) is 11.8 Å². The van der Waals surface area contributed by atoms with Gasteiger partial charge in [0.05, 0.1) is 13.1 Å². The topological polar surface area (TPSA) is 165 Å². The minimum Gasteiger partial charge on any atom is -0.535 e. The highest BCUT2D eigenvalue weighted by Gasteiger charge is 2.35. The molecular formula is C18H24BN3O7. The van der Waals surface area contributed by atoms with Crippen LogP contribution in [-0.4, -0.2) is 65.2 Å². The summed E-state index contributed by atoms with van der Waals surface area (Å²) in [5.74, 6) is -1.56. The van der Waals surface area contributed by atoms with Crippen molar-refractivity contribution in [3.63, 3.8) is 0 Å². The largest absolute Gasteiger partial charge is 0.535 e. The van der Waals surface area contributed by atoms with Gasteiger partial charge >= 0.3 is 13.1 Å². The third kappa shape index (κ3) is 4.98. The molecule has 0 aromatic heterocycles. The Hall–Kier alpha value is -2.79. The summed E-state index contributed by atoms with van der Waals surface area (Å²) >= 11 is 0. The van der Waals surface area contributed by atoms with Crippen LogP contribution in [0.3, 0.4) is 0 Å². The molecule has 2 amide bonds. The summed E-state index contributed by atoms with van der Waals surface area (Å²) in [6.07, 6.45) is 1.13. The smallest absolute Gasteiger partial charge is 0.522 e. The van der Waals surface area contributed by atoms with Gasteiger partial charge in [0.1, 0.15) is 23.2 Å². The molecule has 1 aromatic rings. The molecule has 1 fully saturated rings. The molecule has 29 heavy (non-hydrogen) atoms. The van der Waals surface area contributed by atoms with Crippen molar-refractivity contribution in [1.82, 2.24) is 4.90 Å². The van der Waals surface area contributed by atoms with Crippen molar-refractivity contribution in [3.05, 3.63) is 23.3 Å². The number of nitrogens with zero attached hydrogens (tertiary/aromatic N) is 1.